The van der Waals surface area contributed by atoms with Crippen molar-refractivity contribution in [1.29, 1.82) is 0 Å². The standard InChI is InChI=1S/C13H18N4O2S2/c1-15-11-5-4-10(21(14,18)19)8-12(11)17(13(15)20)9-16-6-2-3-7-16/h4-5,8H,2-3,6-7,9H2,1H3,(H2,14,18,19)/p+1. The topological polar surface area (TPSA) is 74.5 Å². The molecule has 8 heteroatoms. The van der Waals surface area contributed by atoms with Crippen molar-refractivity contribution in [2.75, 3.05) is 13.1 Å². The second-order valence-electron chi connectivity index (χ2n) is 5.58. The van der Waals surface area contributed by atoms with E-state index in [0.29, 0.717) is 4.77 Å². The van der Waals surface area contributed by atoms with Crippen LogP contribution in [0.15, 0.2) is 23.1 Å². The Morgan fingerprint density at radius 2 is 1.95 bits per heavy atom. The third kappa shape index (κ3) is 2.64. The van der Waals surface area contributed by atoms with Crippen molar-refractivity contribution in [1.82, 2.24) is 9.13 Å². The minimum atomic E-state index is -3.71. The molecule has 0 saturated carbocycles. The van der Waals surface area contributed by atoms with E-state index in [-0.39, 0.29) is 4.90 Å². The van der Waals surface area contributed by atoms with E-state index < -0.39 is 10.0 Å². The third-order valence-corrected chi connectivity index (χ3v) is 5.54. The number of aryl methyl sites for hydroxylation is 1. The first kappa shape index (κ1) is 14.7. The van der Waals surface area contributed by atoms with Gasteiger partial charge in [-0.05, 0) is 30.4 Å². The molecule has 6 nitrogen and oxygen atoms in total. The van der Waals surface area contributed by atoms with Gasteiger partial charge in [0.15, 0.2) is 11.4 Å². The van der Waals surface area contributed by atoms with Gasteiger partial charge in [0.2, 0.25) is 10.0 Å². The summed E-state index contributed by atoms with van der Waals surface area (Å²) in [4.78, 5) is 1.60. The predicted octanol–water partition coefficient (Wildman–Crippen LogP) is -0.00711. The highest BCUT2D eigenvalue weighted by Gasteiger charge is 2.19. The third-order valence-electron chi connectivity index (χ3n) is 4.14. The Bertz CT molecular complexity index is 845. The van der Waals surface area contributed by atoms with E-state index >= 15 is 0 Å². The van der Waals surface area contributed by atoms with E-state index in [0.717, 1.165) is 30.8 Å². The maximum absolute atomic E-state index is 11.6. The molecule has 1 fully saturated rings. The van der Waals surface area contributed by atoms with Crippen LogP contribution >= 0.6 is 12.2 Å². The lowest BCUT2D eigenvalue weighted by Gasteiger charge is -2.13. The molecule has 0 radical (unpaired) electrons. The van der Waals surface area contributed by atoms with Gasteiger partial charge in [-0.15, -0.1) is 0 Å². The molecule has 1 aliphatic heterocycles. The summed E-state index contributed by atoms with van der Waals surface area (Å²) in [6, 6.07) is 4.91. The summed E-state index contributed by atoms with van der Waals surface area (Å²) < 4.78 is 27.7. The summed E-state index contributed by atoms with van der Waals surface area (Å²) >= 11 is 5.50. The zero-order valence-corrected chi connectivity index (χ0v) is 13.5. The van der Waals surface area contributed by atoms with Gasteiger partial charge in [0.1, 0.15) is 0 Å². The number of aromatic nitrogens is 2. The molecule has 0 amide bonds. The van der Waals surface area contributed by atoms with Crippen LogP contribution in [-0.2, 0) is 23.7 Å². The predicted molar refractivity (Wildman–Crippen MR) is 83.0 cm³/mol. The highest BCUT2D eigenvalue weighted by molar-refractivity contribution is 7.89. The van der Waals surface area contributed by atoms with Crippen LogP contribution in [0.1, 0.15) is 12.8 Å². The molecule has 114 valence electrons. The maximum atomic E-state index is 11.6. The van der Waals surface area contributed by atoms with Crippen molar-refractivity contribution in [2.24, 2.45) is 12.2 Å². The molecule has 2 heterocycles. The number of sulfonamides is 1. The van der Waals surface area contributed by atoms with E-state index in [4.69, 9.17) is 17.4 Å². The Balaban J connectivity index is 2.17. The van der Waals surface area contributed by atoms with E-state index in [1.165, 1.54) is 23.8 Å². The smallest absolute Gasteiger partial charge is 0.238 e. The first-order valence-corrected chi connectivity index (χ1v) is 8.89. The minimum absolute atomic E-state index is 0.126. The lowest BCUT2D eigenvalue weighted by atomic mass is 10.3. The Morgan fingerprint density at radius 3 is 2.57 bits per heavy atom. The van der Waals surface area contributed by atoms with E-state index in [2.05, 4.69) is 0 Å². The summed E-state index contributed by atoms with van der Waals surface area (Å²) in [5.41, 5.74) is 1.75. The van der Waals surface area contributed by atoms with Crippen molar-refractivity contribution in [3.8, 4) is 0 Å². The number of likely N-dealkylation sites (tertiary alicyclic amines) is 1. The van der Waals surface area contributed by atoms with Crippen LogP contribution < -0.4 is 10.0 Å². The number of hydrogen-bond donors (Lipinski definition) is 2. The lowest BCUT2D eigenvalue weighted by molar-refractivity contribution is -0.910. The fourth-order valence-electron chi connectivity index (χ4n) is 2.98. The van der Waals surface area contributed by atoms with Crippen LogP contribution in [0.4, 0.5) is 0 Å². The van der Waals surface area contributed by atoms with Gasteiger partial charge in [0, 0.05) is 19.9 Å². The molecule has 1 saturated heterocycles. The highest BCUT2D eigenvalue weighted by atomic mass is 32.2. The second kappa shape index (κ2) is 5.20. The largest absolute Gasteiger partial charge is 0.320 e. The van der Waals surface area contributed by atoms with Crippen LogP contribution in [0.5, 0.6) is 0 Å². The van der Waals surface area contributed by atoms with Crippen LogP contribution in [0.2, 0.25) is 0 Å². The molecule has 2 aromatic rings. The Hall–Kier alpha value is -1.22. The summed E-state index contributed by atoms with van der Waals surface area (Å²) in [7, 11) is -1.81. The molecule has 1 aromatic carbocycles. The number of primary sulfonamides is 1. The second-order valence-corrected chi connectivity index (χ2v) is 7.51. The number of nitrogens with two attached hydrogens (primary N) is 1. The number of nitrogens with one attached hydrogen (secondary N) is 1. The van der Waals surface area contributed by atoms with Gasteiger partial charge >= 0.3 is 0 Å². The average molecular weight is 327 g/mol. The Morgan fingerprint density at radius 1 is 1.29 bits per heavy atom. The molecule has 0 unspecified atom stereocenters. The minimum Gasteiger partial charge on any atom is -0.320 e. The normalized spacial score (nSPS) is 16.9. The zero-order valence-electron chi connectivity index (χ0n) is 11.9. The van der Waals surface area contributed by atoms with Gasteiger partial charge in [0.05, 0.1) is 29.0 Å². The van der Waals surface area contributed by atoms with Crippen molar-refractivity contribution < 1.29 is 13.3 Å². The number of fused-ring (bicyclic) bond motifs is 1. The molecule has 3 rings (SSSR count). The van der Waals surface area contributed by atoms with Gasteiger partial charge in [-0.1, -0.05) is 0 Å². The molecular formula is C13H19N4O2S2+. The van der Waals surface area contributed by atoms with Crippen LogP contribution in [-0.4, -0.2) is 30.6 Å². The zero-order chi connectivity index (χ0) is 15.2. The molecule has 21 heavy (non-hydrogen) atoms. The Labute approximate surface area is 128 Å². The van der Waals surface area contributed by atoms with Gasteiger partial charge in [-0.3, -0.25) is 4.57 Å². The van der Waals surface area contributed by atoms with Gasteiger partial charge in [-0.2, -0.15) is 0 Å². The van der Waals surface area contributed by atoms with Crippen molar-refractivity contribution >= 4 is 33.3 Å². The van der Waals surface area contributed by atoms with Crippen molar-refractivity contribution in [3.63, 3.8) is 0 Å². The molecule has 3 N–H and O–H groups in total. The summed E-state index contributed by atoms with van der Waals surface area (Å²) in [5.74, 6) is 0. The fraction of sp³-hybridized carbons (Fsp3) is 0.462. The van der Waals surface area contributed by atoms with Crippen molar-refractivity contribution in [2.45, 2.75) is 24.4 Å². The van der Waals surface area contributed by atoms with Gasteiger partial charge in [0.25, 0.3) is 0 Å². The lowest BCUT2D eigenvalue weighted by Crippen LogP contribution is -3.09. The quantitative estimate of drug-likeness (QED) is 0.779. The number of rotatable bonds is 3. The first-order valence-electron chi connectivity index (χ1n) is 6.93. The van der Waals surface area contributed by atoms with Crippen molar-refractivity contribution in [3.05, 3.63) is 23.0 Å². The SMILES string of the molecule is Cn1c(=S)n(C[NH+]2CCCC2)c2cc(S(N)(=O)=O)ccc21. The van der Waals surface area contributed by atoms with Crippen LogP contribution in [0.25, 0.3) is 11.0 Å². The summed E-state index contributed by atoms with van der Waals surface area (Å²) in [6.07, 6.45) is 2.46. The number of imidazole rings is 1. The van der Waals surface area contributed by atoms with Gasteiger partial charge in [-0.25, -0.2) is 13.6 Å². The van der Waals surface area contributed by atoms with Crippen LogP contribution in [0.3, 0.4) is 0 Å². The van der Waals surface area contributed by atoms with E-state index in [1.807, 2.05) is 16.2 Å². The number of nitrogens with zero attached hydrogens (tertiary/aromatic N) is 2. The van der Waals surface area contributed by atoms with Crippen LogP contribution in [0, 0.1) is 4.77 Å². The molecule has 1 aliphatic rings. The first-order chi connectivity index (χ1) is 9.88. The average Bonchev–Trinajstić information content (AvgIpc) is 3.01. The molecule has 0 aliphatic carbocycles. The molecule has 1 aromatic heterocycles. The van der Waals surface area contributed by atoms with Gasteiger partial charge < -0.3 is 9.47 Å². The number of benzene rings is 1. The number of hydrogen-bond acceptors (Lipinski definition) is 3. The maximum Gasteiger partial charge on any atom is 0.238 e. The molecule has 0 atom stereocenters. The highest BCUT2D eigenvalue weighted by Crippen LogP contribution is 2.20. The monoisotopic (exact) mass is 327 g/mol. The molecule has 0 bridgehead atoms. The summed E-state index contributed by atoms with van der Waals surface area (Å²) in [6.45, 7) is 3.03. The molecule has 0 spiro atoms. The van der Waals surface area contributed by atoms with E-state index in [1.54, 1.807) is 12.1 Å². The fourth-order valence-corrected chi connectivity index (χ4v) is 3.77. The molecular weight excluding hydrogens is 308 g/mol. The number of quaternary nitrogens is 1. The van der Waals surface area contributed by atoms with E-state index in [9.17, 15) is 8.42 Å². The summed E-state index contributed by atoms with van der Waals surface area (Å²) in [5, 5.41) is 5.23. The Kier molecular flexibility index (Phi) is 3.64.